The molecule has 0 radical (unpaired) electrons. The fourth-order valence-electron chi connectivity index (χ4n) is 7.27. The molecular formula is C56H44O2. The number of hydrogen-bond acceptors (Lipinski definition) is 2. The first kappa shape index (κ1) is 37.5. The highest BCUT2D eigenvalue weighted by Gasteiger charge is 2.10. The standard InChI is InChI=1S/C56H44O2/c1-57-53-33-29-45(30-34-53)55(43-17-5-3-6-18-43)39-49-23-11-9-15-41(49)25-27-51-37-47-21-13-14-22-48(47)38-52(51)28-26-42-16-10-12-24-50(42)40-56(44-19-7-4-8-20-44)46-31-35-54(58-2)36-32-46/h3-40H,1-2H3/b27-25?,28-26?,55-39-,56-40-. The van der Waals surface area contributed by atoms with Crippen molar-refractivity contribution in [1.82, 2.24) is 0 Å². The van der Waals surface area contributed by atoms with Crippen molar-refractivity contribution in [2.45, 2.75) is 0 Å². The van der Waals surface area contributed by atoms with Gasteiger partial charge in [0.2, 0.25) is 0 Å². The summed E-state index contributed by atoms with van der Waals surface area (Å²) in [7, 11) is 3.40. The molecule has 2 heteroatoms. The zero-order valence-corrected chi connectivity index (χ0v) is 32.8. The Balaban J connectivity index is 1.18. The Hall–Kier alpha value is -7.42. The minimum Gasteiger partial charge on any atom is -0.497 e. The average molecular weight is 749 g/mol. The van der Waals surface area contributed by atoms with Gasteiger partial charge in [-0.2, -0.15) is 0 Å². The van der Waals surface area contributed by atoms with Crippen molar-refractivity contribution in [3.63, 3.8) is 0 Å². The number of methoxy groups -OCH3 is 2. The molecule has 0 unspecified atom stereocenters. The van der Waals surface area contributed by atoms with E-state index in [0.29, 0.717) is 0 Å². The summed E-state index contributed by atoms with van der Waals surface area (Å²) < 4.78 is 10.9. The number of ether oxygens (including phenoxy) is 2. The first-order chi connectivity index (χ1) is 28.6. The second-order valence-electron chi connectivity index (χ2n) is 14.1. The van der Waals surface area contributed by atoms with Crippen molar-refractivity contribution in [3.05, 3.63) is 250 Å². The summed E-state index contributed by atoms with van der Waals surface area (Å²) in [6, 6.07) is 68.0. The van der Waals surface area contributed by atoms with Crippen molar-refractivity contribution in [1.29, 1.82) is 0 Å². The van der Waals surface area contributed by atoms with E-state index in [2.05, 4.69) is 206 Å². The van der Waals surface area contributed by atoms with Crippen molar-refractivity contribution < 1.29 is 9.47 Å². The highest BCUT2D eigenvalue weighted by atomic mass is 16.5. The lowest BCUT2D eigenvalue weighted by atomic mass is 9.93. The van der Waals surface area contributed by atoms with Crippen LogP contribution in [0.15, 0.2) is 194 Å². The van der Waals surface area contributed by atoms with Gasteiger partial charge in [-0.05, 0) is 126 Å². The zero-order valence-electron chi connectivity index (χ0n) is 32.8. The lowest BCUT2D eigenvalue weighted by Crippen LogP contribution is -1.91. The molecule has 280 valence electrons. The smallest absolute Gasteiger partial charge is 0.118 e. The minimum atomic E-state index is 0.838. The summed E-state index contributed by atoms with van der Waals surface area (Å²) in [5.74, 6) is 1.68. The summed E-state index contributed by atoms with van der Waals surface area (Å²) in [5.41, 5.74) is 13.7. The molecule has 0 saturated carbocycles. The van der Waals surface area contributed by atoms with Crippen molar-refractivity contribution in [2.75, 3.05) is 14.2 Å². The molecule has 0 aliphatic heterocycles. The predicted molar refractivity (Wildman–Crippen MR) is 248 cm³/mol. The summed E-state index contributed by atoms with van der Waals surface area (Å²) in [5, 5.41) is 2.40. The highest BCUT2D eigenvalue weighted by Crippen LogP contribution is 2.32. The lowest BCUT2D eigenvalue weighted by Gasteiger charge is -2.12. The third kappa shape index (κ3) is 8.83. The third-order valence-corrected chi connectivity index (χ3v) is 10.4. The molecule has 0 heterocycles. The molecule has 0 bridgehead atoms. The van der Waals surface area contributed by atoms with Crippen LogP contribution in [0.3, 0.4) is 0 Å². The fourth-order valence-corrected chi connectivity index (χ4v) is 7.27. The topological polar surface area (TPSA) is 18.5 Å². The third-order valence-electron chi connectivity index (χ3n) is 10.4. The quantitative estimate of drug-likeness (QED) is 0.116. The second-order valence-corrected chi connectivity index (χ2v) is 14.1. The molecule has 8 aromatic rings. The molecule has 8 aromatic carbocycles. The Bertz CT molecular complexity index is 2560. The molecule has 58 heavy (non-hydrogen) atoms. The van der Waals surface area contributed by atoms with Crippen LogP contribution in [-0.2, 0) is 0 Å². The van der Waals surface area contributed by atoms with E-state index in [4.69, 9.17) is 9.47 Å². The molecule has 2 nitrogen and oxygen atoms in total. The number of fused-ring (bicyclic) bond motifs is 1. The van der Waals surface area contributed by atoms with Gasteiger partial charge in [-0.3, -0.25) is 0 Å². The molecule has 0 aliphatic carbocycles. The minimum absolute atomic E-state index is 0.838. The normalized spacial score (nSPS) is 12.0. The lowest BCUT2D eigenvalue weighted by molar-refractivity contribution is 0.414. The summed E-state index contributed by atoms with van der Waals surface area (Å²) in [4.78, 5) is 0. The van der Waals surface area contributed by atoms with E-state index < -0.39 is 0 Å². The first-order valence-corrected chi connectivity index (χ1v) is 19.6. The summed E-state index contributed by atoms with van der Waals surface area (Å²) in [6.45, 7) is 0. The Labute approximate surface area is 342 Å². The van der Waals surface area contributed by atoms with Crippen molar-refractivity contribution in [2.24, 2.45) is 0 Å². The maximum atomic E-state index is 5.47. The molecule has 8 rings (SSSR count). The molecule has 0 amide bonds. The van der Waals surface area contributed by atoms with Gasteiger partial charge in [0.1, 0.15) is 11.5 Å². The van der Waals surface area contributed by atoms with Crippen LogP contribution in [0.2, 0.25) is 0 Å². The van der Waals surface area contributed by atoms with Gasteiger partial charge in [-0.25, -0.2) is 0 Å². The van der Waals surface area contributed by atoms with Gasteiger partial charge in [-0.15, -0.1) is 0 Å². The van der Waals surface area contributed by atoms with Gasteiger partial charge in [0, 0.05) is 0 Å². The number of hydrogen-bond donors (Lipinski definition) is 0. The monoisotopic (exact) mass is 748 g/mol. The van der Waals surface area contributed by atoms with Crippen LogP contribution in [-0.4, -0.2) is 14.2 Å². The Kier molecular flexibility index (Phi) is 11.7. The molecule has 0 saturated heterocycles. The molecule has 0 aliphatic rings. The molecule has 0 N–H and O–H groups in total. The van der Waals surface area contributed by atoms with Gasteiger partial charge in [0.05, 0.1) is 14.2 Å². The summed E-state index contributed by atoms with van der Waals surface area (Å²) in [6.07, 6.45) is 13.5. The number of rotatable bonds is 12. The van der Waals surface area contributed by atoms with E-state index >= 15 is 0 Å². The second kappa shape index (κ2) is 18.0. The van der Waals surface area contributed by atoms with Crippen molar-refractivity contribution >= 4 is 58.4 Å². The fraction of sp³-hybridized carbons (Fsp3) is 0.0357. The van der Waals surface area contributed by atoms with Crippen LogP contribution in [0.25, 0.3) is 58.4 Å². The van der Waals surface area contributed by atoms with Gasteiger partial charge < -0.3 is 9.47 Å². The zero-order chi connectivity index (χ0) is 39.5. The van der Waals surface area contributed by atoms with Crippen LogP contribution in [0.5, 0.6) is 11.5 Å². The Morgan fingerprint density at radius 3 is 1.00 bits per heavy atom. The Morgan fingerprint density at radius 1 is 0.310 bits per heavy atom. The van der Waals surface area contributed by atoms with E-state index in [0.717, 1.165) is 78.3 Å². The molecule has 0 atom stereocenters. The van der Waals surface area contributed by atoms with E-state index in [1.54, 1.807) is 14.2 Å². The van der Waals surface area contributed by atoms with Crippen LogP contribution in [0, 0.1) is 0 Å². The maximum absolute atomic E-state index is 5.47. The molecule has 0 spiro atoms. The van der Waals surface area contributed by atoms with Gasteiger partial charge in [-0.1, -0.05) is 182 Å². The molecular weight excluding hydrogens is 705 g/mol. The van der Waals surface area contributed by atoms with E-state index in [-0.39, 0.29) is 0 Å². The van der Waals surface area contributed by atoms with Crippen LogP contribution >= 0.6 is 0 Å². The van der Waals surface area contributed by atoms with E-state index in [1.807, 2.05) is 24.3 Å². The van der Waals surface area contributed by atoms with Crippen LogP contribution < -0.4 is 9.47 Å². The van der Waals surface area contributed by atoms with Crippen LogP contribution in [0.4, 0.5) is 0 Å². The first-order valence-electron chi connectivity index (χ1n) is 19.6. The van der Waals surface area contributed by atoms with Gasteiger partial charge >= 0.3 is 0 Å². The predicted octanol–water partition coefficient (Wildman–Crippen LogP) is 14.4. The maximum Gasteiger partial charge on any atom is 0.118 e. The van der Waals surface area contributed by atoms with E-state index in [1.165, 1.54) is 10.8 Å². The summed E-state index contributed by atoms with van der Waals surface area (Å²) >= 11 is 0. The van der Waals surface area contributed by atoms with Gasteiger partial charge in [0.15, 0.2) is 0 Å². The average Bonchev–Trinajstić information content (AvgIpc) is 3.29. The molecule has 0 aromatic heterocycles. The SMILES string of the molecule is COc1ccc(/C(=C\c2ccccc2C=Cc2cc3ccccc3cc2C=Cc2ccccc2/C=C(/c2ccccc2)c2ccc(OC)cc2)c2ccccc2)cc1. The number of benzene rings is 8. The highest BCUT2D eigenvalue weighted by molar-refractivity contribution is 5.96. The Morgan fingerprint density at radius 2 is 0.621 bits per heavy atom. The largest absolute Gasteiger partial charge is 0.497 e. The molecule has 0 fully saturated rings. The van der Waals surface area contributed by atoms with E-state index in [9.17, 15) is 0 Å². The van der Waals surface area contributed by atoms with Gasteiger partial charge in [0.25, 0.3) is 0 Å². The van der Waals surface area contributed by atoms with Crippen molar-refractivity contribution in [3.8, 4) is 11.5 Å². The van der Waals surface area contributed by atoms with Crippen LogP contribution in [0.1, 0.15) is 55.6 Å².